The van der Waals surface area contributed by atoms with Crippen LogP contribution in [0.15, 0.2) is 42.5 Å². The highest BCUT2D eigenvalue weighted by Crippen LogP contribution is 2.42. The number of aliphatic hydroxyl groups is 2. The largest absolute Gasteiger partial charge is 0.497 e. The van der Waals surface area contributed by atoms with Crippen LogP contribution in [0.3, 0.4) is 0 Å². The molecule has 0 bridgehead atoms. The van der Waals surface area contributed by atoms with Crippen LogP contribution in [-0.2, 0) is 0 Å². The van der Waals surface area contributed by atoms with E-state index in [2.05, 4.69) is 0 Å². The standard InChI is InChI=1S/C17H18O5/c1-20-11-5-3-10(4-6-11)17-16(19)15(18)13-8-7-12(21-2)9-14(13)22-17/h3-9,15-19H,1-2H3/t15-,16+,17-/m1/s1. The normalized spacial score (nSPS) is 23.4. The monoisotopic (exact) mass is 302 g/mol. The number of ether oxygens (including phenoxy) is 3. The van der Waals surface area contributed by atoms with Crippen molar-refractivity contribution in [3.8, 4) is 17.2 Å². The Hall–Kier alpha value is -2.24. The van der Waals surface area contributed by atoms with E-state index in [-0.39, 0.29) is 0 Å². The molecule has 0 saturated carbocycles. The van der Waals surface area contributed by atoms with Crippen molar-refractivity contribution in [2.45, 2.75) is 18.3 Å². The summed E-state index contributed by atoms with van der Waals surface area (Å²) >= 11 is 0. The molecule has 0 spiro atoms. The SMILES string of the molecule is COc1ccc([C@H]2Oc3cc(OC)ccc3[C@@H](O)[C@@H]2O)cc1. The summed E-state index contributed by atoms with van der Waals surface area (Å²) in [6.45, 7) is 0. The highest BCUT2D eigenvalue weighted by Gasteiger charge is 2.37. The van der Waals surface area contributed by atoms with E-state index in [0.29, 0.717) is 17.1 Å². The topological polar surface area (TPSA) is 68.2 Å². The first-order chi connectivity index (χ1) is 10.6. The number of benzene rings is 2. The van der Waals surface area contributed by atoms with Gasteiger partial charge in [0.25, 0.3) is 0 Å². The minimum atomic E-state index is -1.05. The first kappa shape index (κ1) is 14.7. The highest BCUT2D eigenvalue weighted by atomic mass is 16.5. The molecule has 5 heteroatoms. The van der Waals surface area contributed by atoms with Gasteiger partial charge in [-0.1, -0.05) is 12.1 Å². The van der Waals surface area contributed by atoms with Crippen LogP contribution < -0.4 is 14.2 Å². The van der Waals surface area contributed by atoms with Gasteiger partial charge in [-0.2, -0.15) is 0 Å². The molecular formula is C17H18O5. The Morgan fingerprint density at radius 1 is 0.909 bits per heavy atom. The van der Waals surface area contributed by atoms with Gasteiger partial charge in [0, 0.05) is 11.6 Å². The van der Waals surface area contributed by atoms with Crippen molar-refractivity contribution in [3.05, 3.63) is 53.6 Å². The third-order valence-corrected chi connectivity index (χ3v) is 3.87. The van der Waals surface area contributed by atoms with Gasteiger partial charge in [0.05, 0.1) is 14.2 Å². The van der Waals surface area contributed by atoms with Crippen molar-refractivity contribution in [2.24, 2.45) is 0 Å². The van der Waals surface area contributed by atoms with Crippen molar-refractivity contribution >= 4 is 0 Å². The Morgan fingerprint density at radius 2 is 1.55 bits per heavy atom. The molecule has 0 radical (unpaired) electrons. The van der Waals surface area contributed by atoms with Crippen LogP contribution in [0.2, 0.25) is 0 Å². The summed E-state index contributed by atoms with van der Waals surface area (Å²) in [7, 11) is 3.16. The third kappa shape index (κ3) is 2.49. The van der Waals surface area contributed by atoms with E-state index < -0.39 is 18.3 Å². The maximum Gasteiger partial charge on any atom is 0.152 e. The van der Waals surface area contributed by atoms with E-state index >= 15 is 0 Å². The van der Waals surface area contributed by atoms with Crippen LogP contribution >= 0.6 is 0 Å². The minimum Gasteiger partial charge on any atom is -0.497 e. The molecule has 2 aromatic rings. The number of hydrogen-bond donors (Lipinski definition) is 2. The summed E-state index contributed by atoms with van der Waals surface area (Å²) in [5.74, 6) is 1.87. The van der Waals surface area contributed by atoms with Gasteiger partial charge in [0.2, 0.25) is 0 Å². The zero-order valence-electron chi connectivity index (χ0n) is 12.4. The lowest BCUT2D eigenvalue weighted by Crippen LogP contribution is -2.34. The molecule has 0 saturated heterocycles. The summed E-state index contributed by atoms with van der Waals surface area (Å²) in [5, 5.41) is 20.7. The Morgan fingerprint density at radius 3 is 2.18 bits per heavy atom. The van der Waals surface area contributed by atoms with Crippen molar-refractivity contribution in [2.75, 3.05) is 14.2 Å². The summed E-state index contributed by atoms with van der Waals surface area (Å²) in [6, 6.07) is 12.3. The van der Waals surface area contributed by atoms with Crippen LogP contribution in [0.4, 0.5) is 0 Å². The fourth-order valence-corrected chi connectivity index (χ4v) is 2.60. The second kappa shape index (κ2) is 5.87. The van der Waals surface area contributed by atoms with Crippen LogP contribution in [0.25, 0.3) is 0 Å². The predicted molar refractivity (Wildman–Crippen MR) is 80.3 cm³/mol. The van der Waals surface area contributed by atoms with Crippen LogP contribution in [0.1, 0.15) is 23.3 Å². The van der Waals surface area contributed by atoms with Gasteiger partial charge in [-0.05, 0) is 29.8 Å². The molecular weight excluding hydrogens is 284 g/mol. The Bertz CT molecular complexity index is 653. The van der Waals surface area contributed by atoms with E-state index in [0.717, 1.165) is 11.3 Å². The fourth-order valence-electron chi connectivity index (χ4n) is 2.60. The summed E-state index contributed by atoms with van der Waals surface area (Å²) in [4.78, 5) is 0. The van der Waals surface area contributed by atoms with E-state index in [1.807, 2.05) is 12.1 Å². The molecule has 2 aromatic carbocycles. The Balaban J connectivity index is 1.95. The fraction of sp³-hybridized carbons (Fsp3) is 0.294. The van der Waals surface area contributed by atoms with Gasteiger partial charge < -0.3 is 24.4 Å². The van der Waals surface area contributed by atoms with Crippen molar-refractivity contribution < 1.29 is 24.4 Å². The molecule has 116 valence electrons. The average molecular weight is 302 g/mol. The van der Waals surface area contributed by atoms with Gasteiger partial charge in [-0.25, -0.2) is 0 Å². The molecule has 0 fully saturated rings. The molecule has 1 aliphatic heterocycles. The first-order valence-corrected chi connectivity index (χ1v) is 6.98. The molecule has 1 heterocycles. The van der Waals surface area contributed by atoms with Gasteiger partial charge in [0.1, 0.15) is 29.5 Å². The smallest absolute Gasteiger partial charge is 0.152 e. The van der Waals surface area contributed by atoms with Crippen molar-refractivity contribution in [1.29, 1.82) is 0 Å². The zero-order valence-corrected chi connectivity index (χ0v) is 12.4. The number of hydrogen-bond acceptors (Lipinski definition) is 5. The van der Waals surface area contributed by atoms with Gasteiger partial charge in [-0.3, -0.25) is 0 Å². The van der Waals surface area contributed by atoms with Gasteiger partial charge in [0.15, 0.2) is 6.10 Å². The molecule has 3 atom stereocenters. The summed E-state index contributed by atoms with van der Waals surface area (Å²) < 4.78 is 16.2. The molecule has 2 N–H and O–H groups in total. The van der Waals surface area contributed by atoms with E-state index in [9.17, 15) is 10.2 Å². The molecule has 0 aromatic heterocycles. The molecule has 1 aliphatic rings. The molecule has 0 amide bonds. The number of fused-ring (bicyclic) bond motifs is 1. The van der Waals surface area contributed by atoms with Crippen LogP contribution in [0.5, 0.6) is 17.2 Å². The molecule has 0 aliphatic carbocycles. The van der Waals surface area contributed by atoms with Gasteiger partial charge >= 0.3 is 0 Å². The minimum absolute atomic E-state index is 0.512. The van der Waals surface area contributed by atoms with Crippen molar-refractivity contribution in [3.63, 3.8) is 0 Å². The summed E-state index contributed by atoms with van der Waals surface area (Å²) in [6.07, 6.45) is -2.71. The average Bonchev–Trinajstić information content (AvgIpc) is 2.57. The van der Waals surface area contributed by atoms with Gasteiger partial charge in [-0.15, -0.1) is 0 Å². The maximum absolute atomic E-state index is 10.4. The number of aliphatic hydroxyl groups excluding tert-OH is 2. The molecule has 22 heavy (non-hydrogen) atoms. The van der Waals surface area contributed by atoms with E-state index in [4.69, 9.17) is 14.2 Å². The number of methoxy groups -OCH3 is 2. The Kier molecular flexibility index (Phi) is 3.92. The molecule has 3 rings (SSSR count). The van der Waals surface area contributed by atoms with E-state index in [1.165, 1.54) is 0 Å². The predicted octanol–water partition coefficient (Wildman–Crippen LogP) is 2.23. The third-order valence-electron chi connectivity index (χ3n) is 3.87. The maximum atomic E-state index is 10.4. The van der Waals surface area contributed by atoms with Crippen LogP contribution in [0, 0.1) is 0 Å². The molecule has 5 nitrogen and oxygen atoms in total. The van der Waals surface area contributed by atoms with Crippen molar-refractivity contribution in [1.82, 2.24) is 0 Å². The lowest BCUT2D eigenvalue weighted by Gasteiger charge is -2.34. The highest BCUT2D eigenvalue weighted by molar-refractivity contribution is 5.45. The lowest BCUT2D eigenvalue weighted by molar-refractivity contribution is -0.0700. The second-order valence-corrected chi connectivity index (χ2v) is 5.15. The summed E-state index contributed by atoms with van der Waals surface area (Å²) in [5.41, 5.74) is 1.32. The quantitative estimate of drug-likeness (QED) is 0.910. The van der Waals surface area contributed by atoms with E-state index in [1.54, 1.807) is 44.6 Å². The zero-order chi connectivity index (χ0) is 15.7. The van der Waals surface area contributed by atoms with Crippen LogP contribution in [-0.4, -0.2) is 30.5 Å². The first-order valence-electron chi connectivity index (χ1n) is 6.98. The molecule has 0 unspecified atom stereocenters. The second-order valence-electron chi connectivity index (χ2n) is 5.15. The lowest BCUT2D eigenvalue weighted by atomic mass is 9.92. The number of rotatable bonds is 3. The Labute approximate surface area is 128 Å².